The van der Waals surface area contributed by atoms with Gasteiger partial charge in [0.25, 0.3) is 5.91 Å². The molecular formula is C15H21N3O3S. The summed E-state index contributed by atoms with van der Waals surface area (Å²) >= 11 is 0. The van der Waals surface area contributed by atoms with Crippen LogP contribution in [0, 0.1) is 0 Å². The third kappa shape index (κ3) is 4.57. The Morgan fingerprint density at radius 3 is 2.77 bits per heavy atom. The average molecular weight is 323 g/mol. The van der Waals surface area contributed by atoms with Crippen LogP contribution in [0.5, 0.6) is 0 Å². The lowest BCUT2D eigenvalue weighted by Gasteiger charge is -2.16. The molecule has 1 aliphatic heterocycles. The van der Waals surface area contributed by atoms with E-state index in [9.17, 15) is 13.2 Å². The molecule has 0 aromatic heterocycles. The zero-order chi connectivity index (χ0) is 16.0. The lowest BCUT2D eigenvalue weighted by atomic mass is 10.1. The number of sulfonamides is 1. The molecule has 1 aromatic rings. The Kier molecular flexibility index (Phi) is 5.57. The first-order valence-electron chi connectivity index (χ1n) is 7.28. The van der Waals surface area contributed by atoms with E-state index in [0.717, 1.165) is 19.5 Å². The van der Waals surface area contributed by atoms with E-state index < -0.39 is 10.0 Å². The highest BCUT2D eigenvalue weighted by Gasteiger charge is 2.15. The maximum Gasteiger partial charge on any atom is 0.253 e. The molecule has 0 spiro atoms. The third-order valence-electron chi connectivity index (χ3n) is 3.45. The number of anilines is 1. The van der Waals surface area contributed by atoms with Gasteiger partial charge in [0.15, 0.2) is 0 Å². The predicted molar refractivity (Wildman–Crippen MR) is 87.4 cm³/mol. The molecule has 0 aliphatic carbocycles. The summed E-state index contributed by atoms with van der Waals surface area (Å²) in [5.41, 5.74) is 1.81. The van der Waals surface area contributed by atoms with E-state index in [1.165, 1.54) is 5.57 Å². The largest absolute Gasteiger partial charge is 0.348 e. The van der Waals surface area contributed by atoms with Crippen LogP contribution in [0.3, 0.4) is 0 Å². The Bertz CT molecular complexity index is 668. The molecule has 2 rings (SSSR count). The summed E-state index contributed by atoms with van der Waals surface area (Å²) < 4.78 is 25.8. The number of rotatable bonds is 6. The van der Waals surface area contributed by atoms with Crippen molar-refractivity contribution in [2.75, 3.05) is 30.1 Å². The van der Waals surface area contributed by atoms with Crippen molar-refractivity contribution in [3.05, 3.63) is 41.5 Å². The molecule has 0 saturated carbocycles. The number of amides is 1. The van der Waals surface area contributed by atoms with Crippen molar-refractivity contribution < 1.29 is 13.2 Å². The Balaban J connectivity index is 2.07. The number of hydrogen-bond acceptors (Lipinski definition) is 4. The summed E-state index contributed by atoms with van der Waals surface area (Å²) in [5, 5.41) is 6.05. The number of para-hydroxylation sites is 1. The summed E-state index contributed by atoms with van der Waals surface area (Å²) in [7, 11) is -3.41. The van der Waals surface area contributed by atoms with Crippen molar-refractivity contribution >= 4 is 21.6 Å². The first kappa shape index (κ1) is 16.5. The molecule has 22 heavy (non-hydrogen) atoms. The molecule has 1 aromatic carbocycles. The molecule has 7 heteroatoms. The normalized spacial score (nSPS) is 15.0. The van der Waals surface area contributed by atoms with E-state index in [4.69, 9.17) is 0 Å². The maximum atomic E-state index is 12.3. The molecule has 120 valence electrons. The van der Waals surface area contributed by atoms with Crippen molar-refractivity contribution in [1.29, 1.82) is 0 Å². The second-order valence-electron chi connectivity index (χ2n) is 5.05. The molecule has 0 atom stereocenters. The van der Waals surface area contributed by atoms with Gasteiger partial charge >= 0.3 is 0 Å². The van der Waals surface area contributed by atoms with Gasteiger partial charge in [0.05, 0.1) is 17.0 Å². The minimum atomic E-state index is -3.41. The van der Waals surface area contributed by atoms with Gasteiger partial charge in [-0.15, -0.1) is 0 Å². The Labute approximate surface area is 131 Å². The summed E-state index contributed by atoms with van der Waals surface area (Å²) in [5.74, 6) is -0.322. The fourth-order valence-electron chi connectivity index (χ4n) is 2.13. The summed E-state index contributed by atoms with van der Waals surface area (Å²) in [6.07, 6.45) is 2.97. The van der Waals surface area contributed by atoms with Crippen LogP contribution in [0.25, 0.3) is 0 Å². The van der Waals surface area contributed by atoms with E-state index in [1.807, 2.05) is 0 Å². The maximum absolute atomic E-state index is 12.3. The van der Waals surface area contributed by atoms with Gasteiger partial charge in [-0.25, -0.2) is 8.42 Å². The SMILES string of the molecule is CCS(=O)(=O)Nc1ccccc1C(=O)NCC1=CCNCC1. The van der Waals surface area contributed by atoms with Crippen molar-refractivity contribution in [1.82, 2.24) is 10.6 Å². The fourth-order valence-corrected chi connectivity index (χ4v) is 2.79. The van der Waals surface area contributed by atoms with Crippen molar-refractivity contribution in [3.63, 3.8) is 0 Å². The second-order valence-corrected chi connectivity index (χ2v) is 7.06. The monoisotopic (exact) mass is 323 g/mol. The molecule has 6 nitrogen and oxygen atoms in total. The van der Waals surface area contributed by atoms with Gasteiger partial charge in [0.2, 0.25) is 10.0 Å². The highest BCUT2D eigenvalue weighted by molar-refractivity contribution is 7.92. The van der Waals surface area contributed by atoms with Gasteiger partial charge < -0.3 is 10.6 Å². The van der Waals surface area contributed by atoms with E-state index in [2.05, 4.69) is 21.4 Å². The van der Waals surface area contributed by atoms with Gasteiger partial charge in [-0.1, -0.05) is 23.8 Å². The molecule has 0 unspecified atom stereocenters. The summed E-state index contributed by atoms with van der Waals surface area (Å²) in [6.45, 7) is 3.76. The van der Waals surface area contributed by atoms with Crippen molar-refractivity contribution in [2.24, 2.45) is 0 Å². The number of benzene rings is 1. The quantitative estimate of drug-likeness (QED) is 0.684. The van der Waals surface area contributed by atoms with Crippen molar-refractivity contribution in [2.45, 2.75) is 13.3 Å². The lowest BCUT2D eigenvalue weighted by molar-refractivity contribution is 0.0957. The van der Waals surface area contributed by atoms with Gasteiger partial charge in [0.1, 0.15) is 0 Å². The first-order valence-corrected chi connectivity index (χ1v) is 8.93. The topological polar surface area (TPSA) is 87.3 Å². The number of carbonyl (C=O) groups is 1. The highest BCUT2D eigenvalue weighted by atomic mass is 32.2. The van der Waals surface area contributed by atoms with E-state index in [0.29, 0.717) is 17.8 Å². The van der Waals surface area contributed by atoms with E-state index in [1.54, 1.807) is 31.2 Å². The third-order valence-corrected chi connectivity index (χ3v) is 4.74. The number of nitrogens with one attached hydrogen (secondary N) is 3. The van der Waals surface area contributed by atoms with Crippen LogP contribution < -0.4 is 15.4 Å². The molecule has 0 fully saturated rings. The lowest BCUT2D eigenvalue weighted by Crippen LogP contribution is -2.30. The molecule has 0 bridgehead atoms. The molecule has 1 amide bonds. The number of carbonyl (C=O) groups excluding carboxylic acids is 1. The molecule has 3 N–H and O–H groups in total. The first-order chi connectivity index (χ1) is 10.5. The standard InChI is InChI=1S/C15H21N3O3S/c1-2-22(20,21)18-14-6-4-3-5-13(14)15(19)17-11-12-7-9-16-10-8-12/h3-7,16,18H,2,8-11H2,1H3,(H,17,19). The molecule has 0 saturated heterocycles. The summed E-state index contributed by atoms with van der Waals surface area (Å²) in [4.78, 5) is 12.3. The van der Waals surface area contributed by atoms with Crippen LogP contribution in [-0.2, 0) is 10.0 Å². The van der Waals surface area contributed by atoms with Crippen LogP contribution in [0.4, 0.5) is 5.69 Å². The average Bonchev–Trinajstić information content (AvgIpc) is 2.54. The van der Waals surface area contributed by atoms with Crippen LogP contribution in [0.15, 0.2) is 35.9 Å². The van der Waals surface area contributed by atoms with Crippen molar-refractivity contribution in [3.8, 4) is 0 Å². The smallest absolute Gasteiger partial charge is 0.253 e. The van der Waals surface area contributed by atoms with Crippen LogP contribution in [0.1, 0.15) is 23.7 Å². The van der Waals surface area contributed by atoms with Crippen LogP contribution in [-0.4, -0.2) is 39.7 Å². The van der Waals surface area contributed by atoms with E-state index >= 15 is 0 Å². The zero-order valence-electron chi connectivity index (χ0n) is 12.6. The Hall–Kier alpha value is -1.86. The molecule has 0 radical (unpaired) electrons. The van der Waals surface area contributed by atoms with Crippen LogP contribution in [0.2, 0.25) is 0 Å². The van der Waals surface area contributed by atoms with Gasteiger partial charge in [-0.2, -0.15) is 0 Å². The zero-order valence-corrected chi connectivity index (χ0v) is 13.4. The van der Waals surface area contributed by atoms with Gasteiger partial charge in [-0.3, -0.25) is 9.52 Å². The molecule has 1 heterocycles. The van der Waals surface area contributed by atoms with E-state index in [-0.39, 0.29) is 11.7 Å². The predicted octanol–water partition coefficient (Wildman–Crippen LogP) is 1.10. The Morgan fingerprint density at radius 2 is 2.09 bits per heavy atom. The van der Waals surface area contributed by atoms with Gasteiger partial charge in [0, 0.05) is 13.1 Å². The minimum Gasteiger partial charge on any atom is -0.348 e. The second kappa shape index (κ2) is 7.42. The highest BCUT2D eigenvalue weighted by Crippen LogP contribution is 2.17. The fraction of sp³-hybridized carbons (Fsp3) is 0.400. The molecule has 1 aliphatic rings. The van der Waals surface area contributed by atoms with Crippen LogP contribution >= 0.6 is 0 Å². The Morgan fingerprint density at radius 1 is 1.32 bits per heavy atom. The summed E-state index contributed by atoms with van der Waals surface area (Å²) in [6, 6.07) is 6.60. The van der Waals surface area contributed by atoms with Gasteiger partial charge in [-0.05, 0) is 32.0 Å². The number of hydrogen-bond donors (Lipinski definition) is 3. The minimum absolute atomic E-state index is 0.0388. The molecular weight excluding hydrogens is 302 g/mol.